The molecule has 0 fully saturated rings. The summed E-state index contributed by atoms with van der Waals surface area (Å²) in [6.45, 7) is 2.14. The Kier molecular flexibility index (Phi) is 3.80. The third-order valence-electron chi connectivity index (χ3n) is 3.02. The minimum atomic E-state index is -0.482. The number of nitrogens with zero attached hydrogens (tertiary/aromatic N) is 3. The van der Waals surface area contributed by atoms with Crippen molar-refractivity contribution < 1.29 is 9.53 Å². The van der Waals surface area contributed by atoms with Crippen molar-refractivity contribution in [2.24, 2.45) is 14.1 Å². The van der Waals surface area contributed by atoms with Gasteiger partial charge in [0.15, 0.2) is 0 Å². The number of fused-ring (bicyclic) bond motifs is 1. The molecule has 0 aliphatic carbocycles. The summed E-state index contributed by atoms with van der Waals surface area (Å²) < 4.78 is 7.28. The van der Waals surface area contributed by atoms with E-state index in [2.05, 4.69) is 4.98 Å². The van der Waals surface area contributed by atoms with E-state index < -0.39 is 11.2 Å². The third kappa shape index (κ3) is 2.27. The van der Waals surface area contributed by atoms with Crippen LogP contribution in [0.5, 0.6) is 0 Å². The molecule has 2 heterocycles. The van der Waals surface area contributed by atoms with E-state index in [1.54, 1.807) is 6.92 Å². The zero-order valence-electron chi connectivity index (χ0n) is 11.5. The van der Waals surface area contributed by atoms with E-state index >= 15 is 0 Å². The highest BCUT2D eigenvalue weighted by Crippen LogP contribution is 2.07. The van der Waals surface area contributed by atoms with Gasteiger partial charge < -0.3 is 4.74 Å². The highest BCUT2D eigenvalue weighted by molar-refractivity contribution is 5.96. The summed E-state index contributed by atoms with van der Waals surface area (Å²) >= 11 is 0. The molecule has 2 aromatic heterocycles. The molecule has 106 valence electrons. The number of pyridine rings is 1. The Morgan fingerprint density at radius 3 is 2.60 bits per heavy atom. The fourth-order valence-electron chi connectivity index (χ4n) is 1.88. The highest BCUT2D eigenvalue weighted by atomic mass is 16.5. The lowest BCUT2D eigenvalue weighted by atomic mass is 10.2. The van der Waals surface area contributed by atoms with Gasteiger partial charge in [-0.15, -0.1) is 0 Å². The van der Waals surface area contributed by atoms with Crippen molar-refractivity contribution in [2.45, 2.75) is 6.92 Å². The molecule has 0 spiro atoms. The van der Waals surface area contributed by atoms with E-state index in [4.69, 9.17) is 4.74 Å². The third-order valence-corrected chi connectivity index (χ3v) is 3.02. The van der Waals surface area contributed by atoms with Crippen LogP contribution in [0.25, 0.3) is 11.0 Å². The van der Waals surface area contributed by atoms with Crippen LogP contribution in [0.15, 0.2) is 21.7 Å². The van der Waals surface area contributed by atoms with Gasteiger partial charge in [-0.2, -0.15) is 0 Å². The molecule has 7 nitrogen and oxygen atoms in total. The molecule has 0 amide bonds. The van der Waals surface area contributed by atoms with Gasteiger partial charge >= 0.3 is 5.69 Å². The monoisotopic (exact) mass is 277 g/mol. The predicted octanol–water partition coefficient (Wildman–Crippen LogP) is -0.149. The largest absolute Gasteiger partial charge is 0.374 e. The second-order valence-corrected chi connectivity index (χ2v) is 4.33. The number of carbonyl (C=O) groups is 1. The average Bonchev–Trinajstić information content (AvgIpc) is 2.47. The van der Waals surface area contributed by atoms with Crippen LogP contribution in [0.1, 0.15) is 17.4 Å². The second kappa shape index (κ2) is 5.38. The summed E-state index contributed by atoms with van der Waals surface area (Å²) in [6.07, 6.45) is 0. The molecule has 0 atom stereocenters. The number of aromatic nitrogens is 3. The van der Waals surface area contributed by atoms with Crippen LogP contribution < -0.4 is 11.2 Å². The van der Waals surface area contributed by atoms with Gasteiger partial charge in [0.05, 0.1) is 5.39 Å². The zero-order chi connectivity index (χ0) is 14.9. The van der Waals surface area contributed by atoms with Crippen molar-refractivity contribution in [1.29, 1.82) is 0 Å². The molecule has 2 rings (SSSR count). The van der Waals surface area contributed by atoms with Crippen LogP contribution in [0, 0.1) is 0 Å². The lowest BCUT2D eigenvalue weighted by Crippen LogP contribution is -2.37. The van der Waals surface area contributed by atoms with Crippen LogP contribution in [0.4, 0.5) is 0 Å². The number of hydrogen-bond donors (Lipinski definition) is 0. The minimum Gasteiger partial charge on any atom is -0.374 e. The fraction of sp³-hybridized carbons (Fsp3) is 0.385. The first-order chi connectivity index (χ1) is 9.47. The number of ether oxygens (including phenoxy) is 1. The summed E-state index contributed by atoms with van der Waals surface area (Å²) in [7, 11) is 2.91. The van der Waals surface area contributed by atoms with Gasteiger partial charge in [-0.1, -0.05) is 0 Å². The SMILES string of the molecule is CCOCC(=O)c1ccc2c(=O)n(C)c(=O)n(C)c2n1. The summed E-state index contributed by atoms with van der Waals surface area (Å²) in [6, 6.07) is 2.97. The first kappa shape index (κ1) is 14.1. The number of carbonyl (C=O) groups excluding carboxylic acids is 1. The number of ketones is 1. The quantitative estimate of drug-likeness (QED) is 0.726. The molecule has 0 bridgehead atoms. The predicted molar refractivity (Wildman–Crippen MR) is 73.0 cm³/mol. The minimum absolute atomic E-state index is 0.0756. The Labute approximate surface area is 114 Å². The van der Waals surface area contributed by atoms with Crippen molar-refractivity contribution in [3.05, 3.63) is 38.7 Å². The molecular formula is C13H15N3O4. The molecule has 20 heavy (non-hydrogen) atoms. The Morgan fingerprint density at radius 2 is 1.95 bits per heavy atom. The van der Waals surface area contributed by atoms with Gasteiger partial charge in [-0.25, -0.2) is 9.78 Å². The van der Waals surface area contributed by atoms with E-state index in [-0.39, 0.29) is 23.7 Å². The van der Waals surface area contributed by atoms with E-state index in [0.717, 1.165) is 4.57 Å². The standard InChI is InChI=1S/C13H15N3O4/c1-4-20-7-10(17)9-6-5-8-11(14-9)15(2)13(19)16(3)12(8)18/h5-6H,4,7H2,1-3H3. The topological polar surface area (TPSA) is 83.2 Å². The van der Waals surface area contributed by atoms with Crippen LogP contribution >= 0.6 is 0 Å². The molecular weight excluding hydrogens is 262 g/mol. The molecule has 0 N–H and O–H groups in total. The van der Waals surface area contributed by atoms with Gasteiger partial charge in [-0.3, -0.25) is 18.7 Å². The maximum atomic E-state index is 12.0. The molecule has 2 aromatic rings. The maximum absolute atomic E-state index is 12.0. The van der Waals surface area contributed by atoms with Gasteiger partial charge in [0.2, 0.25) is 5.78 Å². The molecule has 0 aliphatic rings. The molecule has 0 saturated carbocycles. The van der Waals surface area contributed by atoms with Gasteiger partial charge in [-0.05, 0) is 19.1 Å². The first-order valence-electron chi connectivity index (χ1n) is 6.15. The molecule has 0 saturated heterocycles. The summed E-state index contributed by atoms with van der Waals surface area (Å²) in [5.41, 5.74) is -0.543. The van der Waals surface area contributed by atoms with Crippen LogP contribution in [0.2, 0.25) is 0 Å². The van der Waals surface area contributed by atoms with Crippen molar-refractivity contribution in [3.8, 4) is 0 Å². The summed E-state index contributed by atoms with van der Waals surface area (Å²) in [4.78, 5) is 39.7. The van der Waals surface area contributed by atoms with Crippen molar-refractivity contribution >= 4 is 16.8 Å². The van der Waals surface area contributed by atoms with Gasteiger partial charge in [0.1, 0.15) is 17.9 Å². The fourth-order valence-corrected chi connectivity index (χ4v) is 1.88. The van der Waals surface area contributed by atoms with Crippen molar-refractivity contribution in [2.75, 3.05) is 13.2 Å². The lowest BCUT2D eigenvalue weighted by molar-refractivity contribution is 0.0778. The Morgan fingerprint density at radius 1 is 1.25 bits per heavy atom. The second-order valence-electron chi connectivity index (χ2n) is 4.33. The van der Waals surface area contributed by atoms with E-state index in [0.29, 0.717) is 12.0 Å². The smallest absolute Gasteiger partial charge is 0.332 e. The first-order valence-corrected chi connectivity index (χ1v) is 6.15. The molecule has 0 unspecified atom stereocenters. The van der Waals surface area contributed by atoms with Crippen LogP contribution in [0.3, 0.4) is 0 Å². The zero-order valence-corrected chi connectivity index (χ0v) is 11.5. The number of hydrogen-bond acceptors (Lipinski definition) is 5. The highest BCUT2D eigenvalue weighted by Gasteiger charge is 2.13. The number of aryl methyl sites for hydroxylation is 1. The van der Waals surface area contributed by atoms with E-state index in [1.165, 1.54) is 30.8 Å². The Bertz CT molecular complexity index is 789. The van der Waals surface area contributed by atoms with Crippen molar-refractivity contribution in [1.82, 2.24) is 14.1 Å². The summed E-state index contributed by atoms with van der Waals surface area (Å²) in [5.74, 6) is -0.290. The average molecular weight is 277 g/mol. The molecule has 0 aliphatic heterocycles. The molecule has 7 heteroatoms. The Balaban J connectivity index is 2.63. The maximum Gasteiger partial charge on any atom is 0.332 e. The number of Topliss-reactive ketones (excluding diaryl/α,β-unsaturated/α-hetero) is 1. The number of rotatable bonds is 4. The summed E-state index contributed by atoms with van der Waals surface area (Å²) in [5, 5.41) is 0.294. The van der Waals surface area contributed by atoms with Crippen molar-refractivity contribution in [3.63, 3.8) is 0 Å². The van der Waals surface area contributed by atoms with Crippen LogP contribution in [-0.4, -0.2) is 33.1 Å². The molecule has 0 aromatic carbocycles. The van der Waals surface area contributed by atoms with E-state index in [1.807, 2.05) is 0 Å². The van der Waals surface area contributed by atoms with Crippen LogP contribution in [-0.2, 0) is 18.8 Å². The Hall–Kier alpha value is -2.28. The normalized spacial score (nSPS) is 10.9. The lowest BCUT2D eigenvalue weighted by Gasteiger charge is -2.07. The van der Waals surface area contributed by atoms with Gasteiger partial charge in [0, 0.05) is 20.7 Å². The van der Waals surface area contributed by atoms with E-state index in [9.17, 15) is 14.4 Å². The van der Waals surface area contributed by atoms with Gasteiger partial charge in [0.25, 0.3) is 5.56 Å². The molecule has 0 radical (unpaired) electrons.